The molecule has 3 heterocycles. The lowest BCUT2D eigenvalue weighted by molar-refractivity contribution is -0.123. The molecule has 2 fully saturated rings. The number of ether oxygens (including phenoxy) is 2. The van der Waals surface area contributed by atoms with Crippen molar-refractivity contribution in [1.82, 2.24) is 15.3 Å². The largest absolute Gasteiger partial charge is 0.494 e. The van der Waals surface area contributed by atoms with Crippen molar-refractivity contribution >= 4 is 33.4 Å². The molecule has 9 nitrogen and oxygen atoms in total. The number of nitrogens with one attached hydrogen (secondary N) is 1. The van der Waals surface area contributed by atoms with Crippen LogP contribution in [0.15, 0.2) is 42.5 Å². The molecule has 7 rings (SSSR count). The summed E-state index contributed by atoms with van der Waals surface area (Å²) >= 11 is 1.51. The van der Waals surface area contributed by atoms with E-state index in [1.807, 2.05) is 0 Å². The Morgan fingerprint density at radius 1 is 1.20 bits per heavy atom. The lowest BCUT2D eigenvalue weighted by atomic mass is 9.80. The Labute approximate surface area is 255 Å². The van der Waals surface area contributed by atoms with E-state index in [9.17, 15) is 19.1 Å². The summed E-state index contributed by atoms with van der Waals surface area (Å²) in [6.07, 6.45) is 2.25. The van der Waals surface area contributed by atoms with E-state index in [2.05, 4.69) is 10.3 Å². The van der Waals surface area contributed by atoms with Gasteiger partial charge in [0.05, 0.1) is 29.1 Å². The van der Waals surface area contributed by atoms with E-state index >= 15 is 4.39 Å². The molecule has 2 saturated carbocycles. The third-order valence-corrected chi connectivity index (χ3v) is 10.1. The van der Waals surface area contributed by atoms with Crippen LogP contribution in [0.4, 0.5) is 8.78 Å². The molecule has 228 valence electrons. The average molecular weight is 621 g/mol. The maximum atomic E-state index is 16.1. The number of hydrogen-bond acceptors (Lipinski definition) is 8. The standard InChI is InChI=1S/C32H30F2N4O5S/c1-30(29(35)40)15-43-26-20(30)13-23(37-24(26)16-5-7-19(33)8-6-16)32(41,31(34)9-10-31)14-36-27(39)18-11-21(42-2)25-22(12-18)44-28(38-25)17-3-4-17/h5-8,11-13,17,41H,3-4,9-10,14-15H2,1-2H3,(H2,35,40)(H,36,39)/t30-,32?/m0/s1. The maximum absolute atomic E-state index is 16.1. The second kappa shape index (κ2) is 9.93. The number of primary amides is 1. The molecule has 2 amide bonds. The Bertz CT molecular complexity index is 1840. The van der Waals surface area contributed by atoms with Gasteiger partial charge in [-0.25, -0.2) is 18.7 Å². The van der Waals surface area contributed by atoms with E-state index in [1.165, 1.54) is 48.8 Å². The number of amides is 2. The first-order valence-electron chi connectivity index (χ1n) is 14.4. The van der Waals surface area contributed by atoms with Crippen molar-refractivity contribution in [2.75, 3.05) is 20.3 Å². The van der Waals surface area contributed by atoms with Gasteiger partial charge in [0.15, 0.2) is 5.60 Å². The second-order valence-corrected chi connectivity index (χ2v) is 13.1. The topological polar surface area (TPSA) is 137 Å². The molecule has 2 aliphatic carbocycles. The summed E-state index contributed by atoms with van der Waals surface area (Å²) in [6.45, 7) is 0.999. The van der Waals surface area contributed by atoms with Crippen molar-refractivity contribution in [3.8, 4) is 22.8 Å². The molecule has 3 aliphatic rings. The summed E-state index contributed by atoms with van der Waals surface area (Å²) in [7, 11) is 1.51. The van der Waals surface area contributed by atoms with Gasteiger partial charge in [0.1, 0.15) is 46.2 Å². The molecule has 4 aromatic rings. The highest BCUT2D eigenvalue weighted by molar-refractivity contribution is 7.18. The third-order valence-electron chi connectivity index (χ3n) is 8.98. The van der Waals surface area contributed by atoms with Crippen LogP contribution in [0.3, 0.4) is 0 Å². The van der Waals surface area contributed by atoms with Crippen LogP contribution in [0.5, 0.6) is 11.5 Å². The van der Waals surface area contributed by atoms with Crippen LogP contribution >= 0.6 is 11.3 Å². The minimum absolute atomic E-state index is 0.0399. The van der Waals surface area contributed by atoms with Gasteiger partial charge in [-0.05, 0) is 75.1 Å². The molecule has 2 aromatic heterocycles. The van der Waals surface area contributed by atoms with E-state index < -0.39 is 40.9 Å². The van der Waals surface area contributed by atoms with E-state index in [0.29, 0.717) is 28.3 Å². The van der Waals surface area contributed by atoms with Gasteiger partial charge in [-0.2, -0.15) is 0 Å². The smallest absolute Gasteiger partial charge is 0.251 e. The van der Waals surface area contributed by atoms with E-state index in [0.717, 1.165) is 22.5 Å². The maximum Gasteiger partial charge on any atom is 0.251 e. The number of halogens is 2. The molecule has 44 heavy (non-hydrogen) atoms. The van der Waals surface area contributed by atoms with E-state index in [1.54, 1.807) is 19.1 Å². The van der Waals surface area contributed by atoms with Crippen molar-refractivity contribution in [3.05, 3.63) is 70.1 Å². The highest BCUT2D eigenvalue weighted by Crippen LogP contribution is 2.55. The monoisotopic (exact) mass is 620 g/mol. The molecule has 0 bridgehead atoms. The van der Waals surface area contributed by atoms with E-state index in [-0.39, 0.29) is 42.1 Å². The number of carbonyl (C=O) groups is 2. The zero-order valence-corrected chi connectivity index (χ0v) is 24.9. The van der Waals surface area contributed by atoms with Crippen molar-refractivity contribution < 1.29 is 33.0 Å². The fraction of sp³-hybridized carbons (Fsp3) is 0.375. The number of alkyl halides is 1. The fourth-order valence-corrected chi connectivity index (χ4v) is 6.92. The molecule has 2 atom stereocenters. The normalized spacial score (nSPS) is 21.3. The number of rotatable bonds is 9. The Morgan fingerprint density at radius 2 is 1.93 bits per heavy atom. The van der Waals surface area contributed by atoms with Crippen LogP contribution in [0, 0.1) is 5.82 Å². The minimum atomic E-state index is -2.27. The number of aliphatic hydroxyl groups is 1. The second-order valence-electron chi connectivity index (χ2n) is 12.1. The summed E-state index contributed by atoms with van der Waals surface area (Å²) in [4.78, 5) is 35.4. The van der Waals surface area contributed by atoms with Gasteiger partial charge < -0.3 is 25.6 Å². The Balaban J connectivity index is 1.27. The highest BCUT2D eigenvalue weighted by Gasteiger charge is 2.62. The molecule has 4 N–H and O–H groups in total. The number of nitrogens with zero attached hydrogens (tertiary/aromatic N) is 2. The summed E-state index contributed by atoms with van der Waals surface area (Å²) in [5.74, 6) is -0.558. The SMILES string of the molecule is COc1cc(C(=O)NCC(O)(c2cc3c(c(-c4ccc(F)cc4)n2)OC[C@]3(C)C(N)=O)C2(F)CC2)cc2sc(C3CC3)nc12. The number of methoxy groups -OCH3 is 1. The van der Waals surface area contributed by atoms with Crippen LogP contribution in [0.1, 0.15) is 65.1 Å². The lowest BCUT2D eigenvalue weighted by Gasteiger charge is -2.33. The molecular weight excluding hydrogens is 590 g/mol. The number of pyridine rings is 1. The van der Waals surface area contributed by atoms with Crippen molar-refractivity contribution in [1.29, 1.82) is 0 Å². The van der Waals surface area contributed by atoms with Crippen molar-refractivity contribution in [2.45, 2.75) is 55.2 Å². The van der Waals surface area contributed by atoms with Gasteiger partial charge in [0.2, 0.25) is 5.91 Å². The minimum Gasteiger partial charge on any atom is -0.494 e. The average Bonchev–Trinajstić information content (AvgIpc) is 3.93. The summed E-state index contributed by atoms with van der Waals surface area (Å²) in [5.41, 5.74) is 1.92. The number of fused-ring (bicyclic) bond motifs is 2. The number of hydrogen-bond donors (Lipinski definition) is 3. The van der Waals surface area contributed by atoms with Crippen LogP contribution < -0.4 is 20.5 Å². The van der Waals surface area contributed by atoms with Crippen LogP contribution in [-0.4, -0.2) is 52.8 Å². The number of benzene rings is 2. The van der Waals surface area contributed by atoms with Gasteiger partial charge in [-0.3, -0.25) is 9.59 Å². The first-order valence-corrected chi connectivity index (χ1v) is 15.2. The van der Waals surface area contributed by atoms with Gasteiger partial charge in [-0.1, -0.05) is 0 Å². The number of carbonyl (C=O) groups excluding carboxylic acids is 2. The summed E-state index contributed by atoms with van der Waals surface area (Å²) in [6, 6.07) is 10.2. The molecule has 1 unspecified atom stereocenters. The van der Waals surface area contributed by atoms with Crippen LogP contribution in [-0.2, 0) is 15.8 Å². The van der Waals surface area contributed by atoms with Gasteiger partial charge in [0.25, 0.3) is 5.91 Å². The molecule has 0 spiro atoms. The zero-order valence-electron chi connectivity index (χ0n) is 24.1. The first kappa shape index (κ1) is 28.6. The lowest BCUT2D eigenvalue weighted by Crippen LogP contribution is -2.49. The molecule has 12 heteroatoms. The van der Waals surface area contributed by atoms with Gasteiger partial charge >= 0.3 is 0 Å². The van der Waals surface area contributed by atoms with Crippen LogP contribution in [0.25, 0.3) is 21.5 Å². The Morgan fingerprint density at radius 3 is 2.57 bits per heavy atom. The summed E-state index contributed by atoms with van der Waals surface area (Å²) in [5, 5.41) is 15.8. The predicted octanol–water partition coefficient (Wildman–Crippen LogP) is 4.64. The number of thiazole rings is 1. The quantitative estimate of drug-likeness (QED) is 0.248. The molecule has 1 aliphatic heterocycles. The first-order chi connectivity index (χ1) is 21.0. The molecule has 0 saturated heterocycles. The Hall–Kier alpha value is -4.16. The number of aromatic nitrogens is 2. The zero-order chi connectivity index (χ0) is 31.0. The molecular formula is C32H30F2N4O5S. The van der Waals surface area contributed by atoms with Crippen LogP contribution in [0.2, 0.25) is 0 Å². The van der Waals surface area contributed by atoms with E-state index in [4.69, 9.17) is 20.2 Å². The van der Waals surface area contributed by atoms with Gasteiger partial charge in [-0.15, -0.1) is 11.3 Å². The fourth-order valence-electron chi connectivity index (χ4n) is 5.72. The highest BCUT2D eigenvalue weighted by atomic mass is 32.1. The van der Waals surface area contributed by atoms with Crippen molar-refractivity contribution in [3.63, 3.8) is 0 Å². The van der Waals surface area contributed by atoms with Crippen molar-refractivity contribution in [2.24, 2.45) is 5.73 Å². The number of nitrogens with two attached hydrogens (primary N) is 1. The Kier molecular flexibility index (Phi) is 6.45. The molecule has 2 aromatic carbocycles. The third kappa shape index (κ3) is 4.50. The predicted molar refractivity (Wildman–Crippen MR) is 159 cm³/mol. The summed E-state index contributed by atoms with van der Waals surface area (Å²) < 4.78 is 42.1. The molecule has 0 radical (unpaired) electrons. The van der Waals surface area contributed by atoms with Gasteiger partial charge in [0, 0.05) is 22.6 Å².